The van der Waals surface area contributed by atoms with Gasteiger partial charge in [0.2, 0.25) is 0 Å². The average Bonchev–Trinajstić information content (AvgIpc) is 2.84. The van der Waals surface area contributed by atoms with Crippen LogP contribution in [0.25, 0.3) is 0 Å². The van der Waals surface area contributed by atoms with Crippen molar-refractivity contribution >= 4 is 97.9 Å². The first-order chi connectivity index (χ1) is 14.6. The van der Waals surface area contributed by atoms with Crippen LogP contribution in [0.5, 0.6) is 0 Å². The van der Waals surface area contributed by atoms with Crippen LogP contribution in [0.4, 0.5) is 0 Å². The van der Waals surface area contributed by atoms with E-state index in [0.717, 1.165) is 0 Å². The van der Waals surface area contributed by atoms with Crippen LogP contribution in [-0.4, -0.2) is 97.9 Å². The van der Waals surface area contributed by atoms with Crippen molar-refractivity contribution in [1.82, 2.24) is 0 Å². The summed E-state index contributed by atoms with van der Waals surface area (Å²) in [7, 11) is 0. The number of benzene rings is 4. The van der Waals surface area contributed by atoms with Crippen molar-refractivity contribution in [1.29, 1.82) is 0 Å². The SMILES string of the molecule is [K][C](CC[C]([K])(c1ccccc1)c1ccccc1)(c1ccccc1)c1ccccc1. The summed E-state index contributed by atoms with van der Waals surface area (Å²) in [4.78, 5) is 0. The van der Waals surface area contributed by atoms with Crippen LogP contribution in [0.1, 0.15) is 35.1 Å². The molecular formula is C28H24K2. The van der Waals surface area contributed by atoms with Crippen molar-refractivity contribution in [2.24, 2.45) is 0 Å². The zero-order valence-corrected chi connectivity index (χ0v) is 24.2. The first-order valence-electron chi connectivity index (χ1n) is 10.8. The van der Waals surface area contributed by atoms with Crippen LogP contribution in [-0.2, 0) is -0.981 Å². The Balaban J connectivity index is 1.76. The molecule has 0 aliphatic heterocycles. The molecule has 4 rings (SSSR count). The average molecular weight is 439 g/mol. The molecule has 0 aliphatic carbocycles. The summed E-state index contributed by atoms with van der Waals surface area (Å²) in [5.74, 6) is 0. The van der Waals surface area contributed by atoms with Gasteiger partial charge in [-0.3, -0.25) is 0 Å². The third-order valence-corrected chi connectivity index (χ3v) is 11.9. The Bertz CT molecular complexity index is 877. The Hall–Kier alpha value is 0.153. The van der Waals surface area contributed by atoms with Crippen molar-refractivity contribution in [2.45, 2.75) is 11.9 Å². The summed E-state index contributed by atoms with van der Waals surface area (Å²) in [6.45, 7) is 0. The summed E-state index contributed by atoms with van der Waals surface area (Å²) in [6, 6.07) is 44.8. The van der Waals surface area contributed by atoms with Crippen LogP contribution in [0, 0.1) is 0 Å². The third-order valence-electron chi connectivity index (χ3n) is 6.77. The van der Waals surface area contributed by atoms with E-state index in [0.29, 0.717) is 97.9 Å². The molecule has 0 saturated carbocycles. The molecule has 2 heteroatoms. The van der Waals surface area contributed by atoms with Gasteiger partial charge in [-0.05, 0) is 0 Å². The number of hydrogen-bond acceptors (Lipinski definition) is 0. The van der Waals surface area contributed by atoms with Crippen LogP contribution >= 0.6 is 0 Å². The van der Waals surface area contributed by atoms with E-state index in [9.17, 15) is 0 Å². The first-order valence-corrected chi connectivity index (χ1v) is 14.0. The molecule has 0 N–H and O–H groups in total. The second-order valence-electron chi connectivity index (χ2n) is 8.63. The fraction of sp³-hybridized carbons (Fsp3) is 0.143. The first kappa shape index (κ1) is 23.3. The monoisotopic (exact) mass is 438 g/mol. The van der Waals surface area contributed by atoms with E-state index in [2.05, 4.69) is 121 Å². The van der Waals surface area contributed by atoms with Gasteiger partial charge in [0.15, 0.2) is 0 Å². The molecule has 0 unspecified atom stereocenters. The van der Waals surface area contributed by atoms with Crippen LogP contribution < -0.4 is 0 Å². The van der Waals surface area contributed by atoms with E-state index in [1.165, 1.54) is 35.1 Å². The van der Waals surface area contributed by atoms with Gasteiger partial charge in [0.1, 0.15) is 0 Å². The van der Waals surface area contributed by atoms with Gasteiger partial charge in [-0.1, -0.05) is 0 Å². The summed E-state index contributed by atoms with van der Waals surface area (Å²) in [5.41, 5.74) is 5.92. The van der Waals surface area contributed by atoms with Gasteiger partial charge < -0.3 is 0 Å². The van der Waals surface area contributed by atoms with E-state index >= 15 is 0 Å². The minimum absolute atomic E-state index is 0.169. The Morgan fingerprint density at radius 2 is 0.567 bits per heavy atom. The van der Waals surface area contributed by atoms with E-state index in [-0.39, 0.29) is -0.981 Å². The van der Waals surface area contributed by atoms with E-state index in [1.807, 2.05) is 0 Å². The molecule has 0 heterocycles. The van der Waals surface area contributed by atoms with Gasteiger partial charge in [0.05, 0.1) is 0 Å². The molecule has 0 amide bonds. The van der Waals surface area contributed by atoms with E-state index in [1.54, 1.807) is 0 Å². The number of hydrogen-bond donors (Lipinski definition) is 0. The second kappa shape index (κ2) is 10.8. The Morgan fingerprint density at radius 1 is 0.367 bits per heavy atom. The number of rotatable bonds is 7. The third kappa shape index (κ3) is 5.20. The normalized spacial score (nSPS) is 12.0. The van der Waals surface area contributed by atoms with Crippen LogP contribution in [0.15, 0.2) is 121 Å². The Kier molecular flexibility index (Phi) is 8.43. The summed E-state index contributed by atoms with van der Waals surface area (Å²) < 4.78 is 0.338. The molecule has 138 valence electrons. The van der Waals surface area contributed by atoms with Gasteiger partial charge >= 0.3 is 253 Å². The van der Waals surface area contributed by atoms with Gasteiger partial charge in [0.25, 0.3) is 0 Å². The Labute approximate surface area is 248 Å². The van der Waals surface area contributed by atoms with Crippen molar-refractivity contribution in [3.8, 4) is 0 Å². The fourth-order valence-electron chi connectivity index (χ4n) is 4.63. The van der Waals surface area contributed by atoms with Crippen molar-refractivity contribution < 1.29 is 0 Å². The second-order valence-corrected chi connectivity index (χ2v) is 14.0. The molecule has 4 aromatic rings. The van der Waals surface area contributed by atoms with E-state index < -0.39 is 0 Å². The molecule has 0 aromatic heterocycles. The predicted molar refractivity (Wildman–Crippen MR) is 128 cm³/mol. The van der Waals surface area contributed by atoms with Gasteiger partial charge in [-0.15, -0.1) is 0 Å². The molecule has 0 spiro atoms. The molecule has 30 heavy (non-hydrogen) atoms. The summed E-state index contributed by atoms with van der Waals surface area (Å²) in [6.07, 6.45) is 2.37. The molecule has 0 saturated heterocycles. The standard InChI is InChI=1S/C28H24.2K/c1-5-13-23(14-6-1)27(24-15-7-2-8-16-24)21-22-28(25-17-9-3-10-18-25)26-19-11-4-12-20-26;;/h1-20H,21-22H2;;. The van der Waals surface area contributed by atoms with Gasteiger partial charge in [-0.25, -0.2) is 0 Å². The molecule has 0 radical (unpaired) electrons. The zero-order chi connectivity index (χ0) is 20.9. The molecule has 0 atom stereocenters. The molecule has 4 aromatic carbocycles. The van der Waals surface area contributed by atoms with Gasteiger partial charge in [0, 0.05) is 0 Å². The molecule has 0 bridgehead atoms. The summed E-state index contributed by atoms with van der Waals surface area (Å²) >= 11 is 1.23. The Morgan fingerprint density at radius 3 is 0.767 bits per heavy atom. The minimum atomic E-state index is 0.169. The summed E-state index contributed by atoms with van der Waals surface area (Å²) in [5, 5.41) is 0. The fourth-order valence-corrected chi connectivity index (χ4v) is 7.50. The quantitative estimate of drug-likeness (QED) is 0.311. The topological polar surface area (TPSA) is 0 Å². The van der Waals surface area contributed by atoms with Crippen molar-refractivity contribution in [3.63, 3.8) is 0 Å². The van der Waals surface area contributed by atoms with Crippen molar-refractivity contribution in [3.05, 3.63) is 144 Å². The van der Waals surface area contributed by atoms with Crippen molar-refractivity contribution in [2.75, 3.05) is 0 Å². The van der Waals surface area contributed by atoms with Gasteiger partial charge in [-0.2, -0.15) is 0 Å². The molecule has 0 fully saturated rings. The van der Waals surface area contributed by atoms with Crippen LogP contribution in [0.3, 0.4) is 0 Å². The molecule has 0 aliphatic rings. The molecular weight excluding hydrogens is 415 g/mol. The zero-order valence-electron chi connectivity index (χ0n) is 18.0. The maximum atomic E-state index is 2.34. The van der Waals surface area contributed by atoms with E-state index in [4.69, 9.17) is 0 Å². The van der Waals surface area contributed by atoms with Crippen LogP contribution in [0.2, 0.25) is 0 Å². The maximum absolute atomic E-state index is 2.34. The predicted octanol–water partition coefficient (Wildman–Crippen LogP) is 5.99. The molecule has 0 nitrogen and oxygen atoms in total.